The van der Waals surface area contributed by atoms with Crippen LogP contribution in [0.5, 0.6) is 5.75 Å². The summed E-state index contributed by atoms with van der Waals surface area (Å²) < 4.78 is 4.85. The van der Waals surface area contributed by atoms with E-state index in [4.69, 9.17) is 15.3 Å². The lowest BCUT2D eigenvalue weighted by Crippen LogP contribution is -2.03. The van der Waals surface area contributed by atoms with Crippen molar-refractivity contribution < 1.29 is 9.52 Å². The summed E-state index contributed by atoms with van der Waals surface area (Å²) in [4.78, 5) is 0. The van der Waals surface area contributed by atoms with Crippen molar-refractivity contribution in [2.75, 3.05) is 0 Å². The lowest BCUT2D eigenvalue weighted by molar-refractivity contribution is 0.415. The van der Waals surface area contributed by atoms with Gasteiger partial charge in [-0.05, 0) is 6.92 Å². The Bertz CT molecular complexity index is 193. The second-order valence-corrected chi connectivity index (χ2v) is 1.96. The van der Waals surface area contributed by atoms with E-state index in [1.807, 2.05) is 0 Å². The molecule has 0 saturated carbocycles. The standard InChI is InChI=1S/C6H9NO2/c1-4(7)6-5(8)2-3-9-6/h2-4,8H,7H2,1H3. The third-order valence-electron chi connectivity index (χ3n) is 1.09. The maximum atomic E-state index is 8.95. The summed E-state index contributed by atoms with van der Waals surface area (Å²) in [7, 11) is 0. The van der Waals surface area contributed by atoms with Gasteiger partial charge in [-0.2, -0.15) is 0 Å². The topological polar surface area (TPSA) is 59.4 Å². The maximum absolute atomic E-state index is 8.95. The molecule has 0 spiro atoms. The van der Waals surface area contributed by atoms with Crippen LogP contribution in [0.15, 0.2) is 16.7 Å². The molecule has 0 bridgehead atoms. The third-order valence-corrected chi connectivity index (χ3v) is 1.09. The molecule has 1 aromatic heterocycles. The minimum atomic E-state index is -0.236. The van der Waals surface area contributed by atoms with Crippen molar-refractivity contribution in [2.24, 2.45) is 5.73 Å². The first-order chi connectivity index (χ1) is 4.22. The smallest absolute Gasteiger partial charge is 0.161 e. The molecule has 1 rings (SSSR count). The van der Waals surface area contributed by atoms with E-state index in [9.17, 15) is 0 Å². The van der Waals surface area contributed by atoms with Gasteiger partial charge >= 0.3 is 0 Å². The predicted octanol–water partition coefficient (Wildman–Crippen LogP) is 1.00. The lowest BCUT2D eigenvalue weighted by Gasteiger charge is -1.98. The Hall–Kier alpha value is -0.960. The number of nitrogens with two attached hydrogens (primary N) is 1. The van der Waals surface area contributed by atoms with Crippen molar-refractivity contribution in [1.29, 1.82) is 0 Å². The summed E-state index contributed by atoms with van der Waals surface area (Å²) in [6.07, 6.45) is 1.41. The van der Waals surface area contributed by atoms with E-state index in [2.05, 4.69) is 0 Å². The van der Waals surface area contributed by atoms with Gasteiger partial charge in [0.25, 0.3) is 0 Å². The molecule has 9 heavy (non-hydrogen) atoms. The van der Waals surface area contributed by atoms with Crippen LogP contribution >= 0.6 is 0 Å². The van der Waals surface area contributed by atoms with Gasteiger partial charge in [-0.15, -0.1) is 0 Å². The molecular weight excluding hydrogens is 118 g/mol. The number of hydrogen-bond acceptors (Lipinski definition) is 3. The summed E-state index contributed by atoms with van der Waals surface area (Å²) in [5.74, 6) is 0.569. The van der Waals surface area contributed by atoms with Gasteiger partial charge in [-0.25, -0.2) is 0 Å². The fourth-order valence-electron chi connectivity index (χ4n) is 0.655. The lowest BCUT2D eigenvalue weighted by atomic mass is 10.3. The molecule has 0 amide bonds. The summed E-state index contributed by atoms with van der Waals surface area (Å²) >= 11 is 0. The van der Waals surface area contributed by atoms with E-state index in [1.165, 1.54) is 12.3 Å². The van der Waals surface area contributed by atoms with Crippen LogP contribution in [0.3, 0.4) is 0 Å². The Labute approximate surface area is 53.1 Å². The van der Waals surface area contributed by atoms with E-state index < -0.39 is 0 Å². The molecule has 0 aliphatic heterocycles. The monoisotopic (exact) mass is 127 g/mol. The first kappa shape index (κ1) is 6.16. The quantitative estimate of drug-likeness (QED) is 0.591. The summed E-state index contributed by atoms with van der Waals surface area (Å²) in [5, 5.41) is 8.95. The van der Waals surface area contributed by atoms with Crippen LogP contribution in [0.4, 0.5) is 0 Å². The molecule has 0 radical (unpaired) electrons. The summed E-state index contributed by atoms with van der Waals surface area (Å²) in [6, 6.07) is 1.23. The third kappa shape index (κ3) is 1.05. The second kappa shape index (κ2) is 2.11. The van der Waals surface area contributed by atoms with Crippen molar-refractivity contribution in [3.8, 4) is 5.75 Å². The molecule has 50 valence electrons. The van der Waals surface area contributed by atoms with E-state index in [-0.39, 0.29) is 11.8 Å². The van der Waals surface area contributed by atoms with Crippen LogP contribution in [0.2, 0.25) is 0 Å². The average Bonchev–Trinajstić information content (AvgIpc) is 2.13. The molecule has 1 aromatic rings. The first-order valence-corrected chi connectivity index (χ1v) is 2.73. The largest absolute Gasteiger partial charge is 0.504 e. The zero-order valence-electron chi connectivity index (χ0n) is 5.16. The maximum Gasteiger partial charge on any atom is 0.161 e. The van der Waals surface area contributed by atoms with Gasteiger partial charge in [0.05, 0.1) is 12.3 Å². The van der Waals surface area contributed by atoms with Crippen molar-refractivity contribution >= 4 is 0 Å². The van der Waals surface area contributed by atoms with Gasteiger partial charge in [0.15, 0.2) is 11.5 Å². The highest BCUT2D eigenvalue weighted by Gasteiger charge is 2.07. The van der Waals surface area contributed by atoms with Crippen LogP contribution in [0, 0.1) is 0 Å². The minimum Gasteiger partial charge on any atom is -0.504 e. The molecule has 0 aliphatic rings. The molecule has 3 heteroatoms. The van der Waals surface area contributed by atoms with Crippen LogP contribution in [0.1, 0.15) is 18.7 Å². The zero-order valence-corrected chi connectivity index (χ0v) is 5.16. The van der Waals surface area contributed by atoms with E-state index in [0.717, 1.165) is 0 Å². The molecule has 1 unspecified atom stereocenters. The van der Waals surface area contributed by atoms with Crippen LogP contribution in [0.25, 0.3) is 0 Å². The first-order valence-electron chi connectivity index (χ1n) is 2.73. The Balaban J connectivity index is 2.94. The molecule has 1 atom stereocenters. The van der Waals surface area contributed by atoms with E-state index in [1.54, 1.807) is 6.92 Å². The van der Waals surface area contributed by atoms with Gasteiger partial charge in [0.2, 0.25) is 0 Å². The Kier molecular flexibility index (Phi) is 1.44. The highest BCUT2D eigenvalue weighted by molar-refractivity contribution is 5.24. The highest BCUT2D eigenvalue weighted by Crippen LogP contribution is 2.22. The van der Waals surface area contributed by atoms with Gasteiger partial charge in [-0.3, -0.25) is 0 Å². The van der Waals surface area contributed by atoms with Crippen LogP contribution in [-0.4, -0.2) is 5.11 Å². The van der Waals surface area contributed by atoms with Gasteiger partial charge in [-0.1, -0.05) is 0 Å². The molecule has 0 saturated heterocycles. The normalized spacial score (nSPS) is 13.6. The zero-order chi connectivity index (χ0) is 6.85. The predicted molar refractivity (Wildman–Crippen MR) is 33.0 cm³/mol. The van der Waals surface area contributed by atoms with Crippen molar-refractivity contribution in [3.05, 3.63) is 18.1 Å². The molecule has 0 aliphatic carbocycles. The van der Waals surface area contributed by atoms with Gasteiger partial charge < -0.3 is 15.3 Å². The minimum absolute atomic E-state index is 0.130. The van der Waals surface area contributed by atoms with Crippen LogP contribution < -0.4 is 5.73 Å². The fraction of sp³-hybridized carbons (Fsp3) is 0.333. The number of rotatable bonds is 1. The number of hydrogen-bond donors (Lipinski definition) is 2. The van der Waals surface area contributed by atoms with Crippen molar-refractivity contribution in [2.45, 2.75) is 13.0 Å². The molecule has 0 aromatic carbocycles. The Morgan fingerprint density at radius 3 is 2.67 bits per heavy atom. The fourth-order valence-corrected chi connectivity index (χ4v) is 0.655. The summed E-state index contributed by atoms with van der Waals surface area (Å²) in [6.45, 7) is 1.75. The van der Waals surface area contributed by atoms with E-state index >= 15 is 0 Å². The molecule has 1 heterocycles. The van der Waals surface area contributed by atoms with Crippen molar-refractivity contribution in [3.63, 3.8) is 0 Å². The highest BCUT2D eigenvalue weighted by atomic mass is 16.4. The molecule has 3 nitrogen and oxygen atoms in total. The van der Waals surface area contributed by atoms with Crippen LogP contribution in [-0.2, 0) is 0 Å². The summed E-state index contributed by atoms with van der Waals surface area (Å²) in [5.41, 5.74) is 5.41. The van der Waals surface area contributed by atoms with Crippen molar-refractivity contribution in [1.82, 2.24) is 0 Å². The Morgan fingerprint density at radius 2 is 2.44 bits per heavy atom. The Morgan fingerprint density at radius 1 is 1.78 bits per heavy atom. The second-order valence-electron chi connectivity index (χ2n) is 1.96. The van der Waals surface area contributed by atoms with E-state index in [0.29, 0.717) is 5.76 Å². The molecular formula is C6H9NO2. The number of furan rings is 1. The molecule has 0 fully saturated rings. The number of aromatic hydroxyl groups is 1. The average molecular weight is 127 g/mol. The molecule has 3 N–H and O–H groups in total. The van der Waals surface area contributed by atoms with Gasteiger partial charge in [0.1, 0.15) is 0 Å². The van der Waals surface area contributed by atoms with Gasteiger partial charge in [0, 0.05) is 6.07 Å². The SMILES string of the molecule is CC(N)c1occc1O.